The van der Waals surface area contributed by atoms with E-state index in [9.17, 15) is 4.79 Å². The smallest absolute Gasteiger partial charge is 0.253 e. The molecule has 0 aromatic heterocycles. The number of benzene rings is 1. The Morgan fingerprint density at radius 1 is 1.33 bits per heavy atom. The molecule has 0 spiro atoms. The highest BCUT2D eigenvalue weighted by molar-refractivity contribution is 5.95. The molecule has 0 bridgehead atoms. The molecule has 1 heterocycles. The van der Waals surface area contributed by atoms with Crippen molar-refractivity contribution in [3.05, 3.63) is 23.8 Å². The first kappa shape index (κ1) is 12.7. The van der Waals surface area contributed by atoms with Gasteiger partial charge in [0.05, 0.1) is 12.8 Å². The summed E-state index contributed by atoms with van der Waals surface area (Å²) in [6.07, 6.45) is 0. The van der Waals surface area contributed by atoms with Crippen LogP contribution in [0.15, 0.2) is 18.2 Å². The average Bonchev–Trinajstić information content (AvgIpc) is 2.68. The largest absolute Gasteiger partial charge is 0.495 e. The summed E-state index contributed by atoms with van der Waals surface area (Å²) in [5.74, 6) is 1.78. The lowest BCUT2D eigenvalue weighted by atomic mass is 10.0. The molecule has 1 amide bonds. The fourth-order valence-corrected chi connectivity index (χ4v) is 2.35. The van der Waals surface area contributed by atoms with Crippen LogP contribution in [0.5, 0.6) is 5.75 Å². The van der Waals surface area contributed by atoms with Gasteiger partial charge in [-0.15, -0.1) is 0 Å². The van der Waals surface area contributed by atoms with E-state index in [-0.39, 0.29) is 5.91 Å². The number of methoxy groups -OCH3 is 1. The van der Waals surface area contributed by atoms with Gasteiger partial charge in [-0.2, -0.15) is 0 Å². The summed E-state index contributed by atoms with van der Waals surface area (Å²) in [6, 6.07) is 5.20. The Kier molecular flexibility index (Phi) is 3.45. The first-order valence-corrected chi connectivity index (χ1v) is 6.25. The number of ether oxygens (including phenoxy) is 1. The minimum Gasteiger partial charge on any atom is -0.495 e. The zero-order valence-corrected chi connectivity index (χ0v) is 11.1. The van der Waals surface area contributed by atoms with Crippen LogP contribution < -0.4 is 10.5 Å². The van der Waals surface area contributed by atoms with Crippen LogP contribution in [0, 0.1) is 11.8 Å². The first-order chi connectivity index (χ1) is 8.52. The summed E-state index contributed by atoms with van der Waals surface area (Å²) in [7, 11) is 1.57. The number of amides is 1. The number of carbonyl (C=O) groups is 1. The van der Waals surface area contributed by atoms with E-state index in [0.29, 0.717) is 28.8 Å². The Hall–Kier alpha value is -1.71. The molecule has 1 aromatic carbocycles. The summed E-state index contributed by atoms with van der Waals surface area (Å²) < 4.78 is 5.09. The van der Waals surface area contributed by atoms with Crippen LogP contribution in [-0.2, 0) is 0 Å². The van der Waals surface area contributed by atoms with Crippen LogP contribution in [0.1, 0.15) is 24.2 Å². The van der Waals surface area contributed by atoms with Gasteiger partial charge in [-0.05, 0) is 30.0 Å². The zero-order valence-electron chi connectivity index (χ0n) is 11.1. The number of nitrogen functional groups attached to an aromatic ring is 1. The molecule has 1 fully saturated rings. The topological polar surface area (TPSA) is 55.6 Å². The minimum absolute atomic E-state index is 0.0561. The van der Waals surface area contributed by atoms with E-state index in [2.05, 4.69) is 13.8 Å². The van der Waals surface area contributed by atoms with Crippen LogP contribution in [0.4, 0.5) is 5.69 Å². The van der Waals surface area contributed by atoms with Crippen molar-refractivity contribution in [1.82, 2.24) is 4.90 Å². The molecule has 2 N–H and O–H groups in total. The Morgan fingerprint density at radius 3 is 2.44 bits per heavy atom. The molecule has 1 aromatic rings. The van der Waals surface area contributed by atoms with Crippen molar-refractivity contribution in [2.24, 2.45) is 11.8 Å². The normalized spacial score (nSPS) is 23.2. The van der Waals surface area contributed by atoms with Crippen LogP contribution in [0.25, 0.3) is 0 Å². The molecule has 2 atom stereocenters. The number of hydrogen-bond donors (Lipinski definition) is 1. The lowest BCUT2D eigenvalue weighted by Gasteiger charge is -2.16. The van der Waals surface area contributed by atoms with Crippen molar-refractivity contribution in [2.45, 2.75) is 13.8 Å². The van der Waals surface area contributed by atoms with Crippen LogP contribution in [0.3, 0.4) is 0 Å². The summed E-state index contributed by atoms with van der Waals surface area (Å²) in [4.78, 5) is 14.2. The van der Waals surface area contributed by atoms with Gasteiger partial charge in [0, 0.05) is 18.7 Å². The molecule has 1 saturated heterocycles. The van der Waals surface area contributed by atoms with E-state index in [1.54, 1.807) is 25.3 Å². The number of nitrogens with two attached hydrogens (primary N) is 1. The SMILES string of the molecule is COc1ccc(C(=O)N2CC(C)C(C)C2)cc1N. The second-order valence-corrected chi connectivity index (χ2v) is 5.12. The molecule has 98 valence electrons. The van der Waals surface area contributed by atoms with Gasteiger partial charge in [0.2, 0.25) is 0 Å². The van der Waals surface area contributed by atoms with Gasteiger partial charge in [0.25, 0.3) is 5.91 Å². The van der Waals surface area contributed by atoms with Crippen molar-refractivity contribution in [3.63, 3.8) is 0 Å². The lowest BCUT2D eigenvalue weighted by Crippen LogP contribution is -2.28. The summed E-state index contributed by atoms with van der Waals surface area (Å²) >= 11 is 0. The molecule has 0 radical (unpaired) electrons. The highest BCUT2D eigenvalue weighted by Crippen LogP contribution is 2.26. The molecule has 4 nitrogen and oxygen atoms in total. The summed E-state index contributed by atoms with van der Waals surface area (Å²) in [5, 5.41) is 0. The van der Waals surface area contributed by atoms with E-state index >= 15 is 0 Å². The summed E-state index contributed by atoms with van der Waals surface area (Å²) in [5.41, 5.74) is 6.96. The fraction of sp³-hybridized carbons (Fsp3) is 0.500. The number of carbonyl (C=O) groups excluding carboxylic acids is 1. The maximum absolute atomic E-state index is 12.3. The highest BCUT2D eigenvalue weighted by Gasteiger charge is 2.29. The zero-order chi connectivity index (χ0) is 13.3. The van der Waals surface area contributed by atoms with Gasteiger partial charge in [0.1, 0.15) is 5.75 Å². The van der Waals surface area contributed by atoms with E-state index in [1.807, 2.05) is 4.90 Å². The Labute approximate surface area is 108 Å². The van der Waals surface area contributed by atoms with Gasteiger partial charge in [0.15, 0.2) is 0 Å². The number of anilines is 1. The Bertz CT molecular complexity index is 449. The predicted molar refractivity (Wildman–Crippen MR) is 71.6 cm³/mol. The molecular weight excluding hydrogens is 228 g/mol. The van der Waals surface area contributed by atoms with Crippen molar-refractivity contribution in [2.75, 3.05) is 25.9 Å². The lowest BCUT2D eigenvalue weighted by molar-refractivity contribution is 0.0785. The second-order valence-electron chi connectivity index (χ2n) is 5.12. The fourth-order valence-electron chi connectivity index (χ4n) is 2.35. The third-order valence-corrected chi connectivity index (χ3v) is 3.75. The Morgan fingerprint density at radius 2 is 1.94 bits per heavy atom. The predicted octanol–water partition coefficient (Wildman–Crippen LogP) is 2.01. The average molecular weight is 248 g/mol. The van der Waals surface area contributed by atoms with E-state index < -0.39 is 0 Å². The van der Waals surface area contributed by atoms with Gasteiger partial charge in [-0.25, -0.2) is 0 Å². The molecule has 1 aliphatic heterocycles. The van der Waals surface area contributed by atoms with Gasteiger partial charge in [-0.1, -0.05) is 13.8 Å². The maximum atomic E-state index is 12.3. The van der Waals surface area contributed by atoms with Gasteiger partial charge < -0.3 is 15.4 Å². The van der Waals surface area contributed by atoms with Crippen LogP contribution in [-0.4, -0.2) is 31.0 Å². The number of nitrogens with zero attached hydrogens (tertiary/aromatic N) is 1. The van der Waals surface area contributed by atoms with Crippen LogP contribution in [0.2, 0.25) is 0 Å². The van der Waals surface area contributed by atoms with E-state index in [1.165, 1.54) is 0 Å². The highest BCUT2D eigenvalue weighted by atomic mass is 16.5. The minimum atomic E-state index is 0.0561. The van der Waals surface area contributed by atoms with Gasteiger partial charge in [-0.3, -0.25) is 4.79 Å². The summed E-state index contributed by atoms with van der Waals surface area (Å²) in [6.45, 7) is 6.01. The molecular formula is C14H20N2O2. The van der Waals surface area contributed by atoms with Gasteiger partial charge >= 0.3 is 0 Å². The van der Waals surface area contributed by atoms with Crippen molar-refractivity contribution < 1.29 is 9.53 Å². The molecule has 2 unspecified atom stereocenters. The molecule has 0 saturated carbocycles. The Balaban J connectivity index is 2.17. The number of likely N-dealkylation sites (tertiary alicyclic amines) is 1. The molecule has 18 heavy (non-hydrogen) atoms. The quantitative estimate of drug-likeness (QED) is 0.814. The first-order valence-electron chi connectivity index (χ1n) is 6.25. The third kappa shape index (κ3) is 2.28. The number of hydrogen-bond acceptors (Lipinski definition) is 3. The molecule has 2 rings (SSSR count). The van der Waals surface area contributed by atoms with E-state index in [0.717, 1.165) is 13.1 Å². The van der Waals surface area contributed by atoms with E-state index in [4.69, 9.17) is 10.5 Å². The molecule has 1 aliphatic rings. The third-order valence-electron chi connectivity index (χ3n) is 3.75. The molecule has 0 aliphatic carbocycles. The number of rotatable bonds is 2. The van der Waals surface area contributed by atoms with Crippen molar-refractivity contribution in [1.29, 1.82) is 0 Å². The standard InChI is InChI=1S/C14H20N2O2/c1-9-7-16(8-10(9)2)14(17)11-4-5-13(18-3)12(15)6-11/h4-6,9-10H,7-8,15H2,1-3H3. The molecule has 4 heteroatoms. The van der Waals surface area contributed by atoms with Crippen molar-refractivity contribution in [3.8, 4) is 5.75 Å². The second kappa shape index (κ2) is 4.88. The monoisotopic (exact) mass is 248 g/mol. The van der Waals surface area contributed by atoms with Crippen LogP contribution >= 0.6 is 0 Å². The van der Waals surface area contributed by atoms with Crippen molar-refractivity contribution >= 4 is 11.6 Å². The maximum Gasteiger partial charge on any atom is 0.253 e.